The first kappa shape index (κ1) is 8.57. The van der Waals surface area contributed by atoms with Crippen molar-refractivity contribution in [1.82, 2.24) is 0 Å². The Balaban J connectivity index is 3.14. The van der Waals surface area contributed by atoms with Gasteiger partial charge in [-0.2, -0.15) is 5.26 Å². The molecule has 3 N–H and O–H groups in total. The van der Waals surface area contributed by atoms with Crippen molar-refractivity contribution in [3.63, 3.8) is 0 Å². The normalized spacial score (nSPS) is 12.1. The van der Waals surface area contributed by atoms with Crippen LogP contribution in [0, 0.1) is 11.3 Å². The van der Waals surface area contributed by atoms with E-state index in [2.05, 4.69) is 0 Å². The molecule has 0 heterocycles. The van der Waals surface area contributed by atoms with Crippen molar-refractivity contribution >= 4 is 5.69 Å². The van der Waals surface area contributed by atoms with Crippen molar-refractivity contribution in [2.24, 2.45) is 0 Å². The molecule has 1 rings (SSSR count). The minimum absolute atomic E-state index is 0.462. The summed E-state index contributed by atoms with van der Waals surface area (Å²) in [5.74, 6) is 0. The molecule has 0 aliphatic heterocycles. The Kier molecular flexibility index (Phi) is 2.32. The highest BCUT2D eigenvalue weighted by Crippen LogP contribution is 2.20. The van der Waals surface area contributed by atoms with Crippen molar-refractivity contribution < 1.29 is 5.11 Å². The summed E-state index contributed by atoms with van der Waals surface area (Å²) in [5, 5.41) is 17.7. The second-order valence-electron chi connectivity index (χ2n) is 2.63. The first-order valence-corrected chi connectivity index (χ1v) is 3.62. The van der Waals surface area contributed by atoms with Crippen LogP contribution in [0.15, 0.2) is 18.2 Å². The van der Waals surface area contributed by atoms with E-state index in [4.69, 9.17) is 11.0 Å². The molecule has 0 fully saturated rings. The van der Waals surface area contributed by atoms with Gasteiger partial charge in [-0.25, -0.2) is 0 Å². The van der Waals surface area contributed by atoms with E-state index in [0.29, 0.717) is 16.8 Å². The fourth-order valence-electron chi connectivity index (χ4n) is 1.02. The summed E-state index contributed by atoms with van der Waals surface area (Å²) >= 11 is 0. The molecule has 0 aliphatic carbocycles. The maximum absolute atomic E-state index is 9.21. The average molecular weight is 162 g/mol. The second kappa shape index (κ2) is 3.24. The number of anilines is 1. The van der Waals surface area contributed by atoms with Gasteiger partial charge < -0.3 is 10.8 Å². The molecule has 1 unspecified atom stereocenters. The van der Waals surface area contributed by atoms with Gasteiger partial charge in [-0.05, 0) is 19.1 Å². The number of hydrogen-bond donors (Lipinski definition) is 2. The Bertz CT molecular complexity index is 326. The lowest BCUT2D eigenvalue weighted by Gasteiger charge is -2.07. The summed E-state index contributed by atoms with van der Waals surface area (Å²) in [5.41, 5.74) is 7.22. The van der Waals surface area contributed by atoms with Crippen molar-refractivity contribution in [2.45, 2.75) is 13.0 Å². The number of aliphatic hydroxyl groups excluding tert-OH is 1. The molecule has 1 aromatic rings. The summed E-state index contributed by atoms with van der Waals surface area (Å²) in [4.78, 5) is 0. The standard InChI is InChI=1S/C9H10N2O/c1-6(12)8-3-2-7(5-10)4-9(8)11/h2-4,6,12H,11H2,1H3. The number of nitriles is 1. The molecular formula is C9H10N2O. The van der Waals surface area contributed by atoms with Gasteiger partial charge in [-0.15, -0.1) is 0 Å². The zero-order valence-corrected chi connectivity index (χ0v) is 6.78. The van der Waals surface area contributed by atoms with Gasteiger partial charge in [0.05, 0.1) is 17.7 Å². The largest absolute Gasteiger partial charge is 0.398 e. The van der Waals surface area contributed by atoms with E-state index < -0.39 is 6.10 Å². The lowest BCUT2D eigenvalue weighted by atomic mass is 10.1. The number of nitrogen functional groups attached to an aromatic ring is 1. The quantitative estimate of drug-likeness (QED) is 0.609. The maximum atomic E-state index is 9.21. The zero-order chi connectivity index (χ0) is 9.14. The lowest BCUT2D eigenvalue weighted by Crippen LogP contribution is -1.98. The highest BCUT2D eigenvalue weighted by atomic mass is 16.3. The lowest BCUT2D eigenvalue weighted by molar-refractivity contribution is 0.200. The first-order chi connectivity index (χ1) is 5.65. The molecule has 0 amide bonds. The Hall–Kier alpha value is -1.53. The topological polar surface area (TPSA) is 70.0 Å². The number of aliphatic hydroxyl groups is 1. The molecule has 1 aromatic carbocycles. The third-order valence-corrected chi connectivity index (χ3v) is 1.67. The molecule has 62 valence electrons. The Morgan fingerprint density at radius 3 is 2.67 bits per heavy atom. The maximum Gasteiger partial charge on any atom is 0.0992 e. The molecule has 0 radical (unpaired) electrons. The van der Waals surface area contributed by atoms with E-state index in [0.717, 1.165) is 0 Å². The molecule has 0 saturated carbocycles. The molecule has 1 atom stereocenters. The van der Waals surface area contributed by atoms with Crippen LogP contribution in [0.2, 0.25) is 0 Å². The van der Waals surface area contributed by atoms with Gasteiger partial charge in [-0.3, -0.25) is 0 Å². The summed E-state index contributed by atoms with van der Waals surface area (Å²) in [7, 11) is 0. The zero-order valence-electron chi connectivity index (χ0n) is 6.78. The van der Waals surface area contributed by atoms with E-state index in [-0.39, 0.29) is 0 Å². The fourth-order valence-corrected chi connectivity index (χ4v) is 1.02. The van der Waals surface area contributed by atoms with E-state index in [1.165, 1.54) is 0 Å². The molecule has 3 nitrogen and oxygen atoms in total. The van der Waals surface area contributed by atoms with Crippen LogP contribution in [-0.2, 0) is 0 Å². The predicted molar refractivity (Wildman–Crippen MR) is 46.2 cm³/mol. The van der Waals surface area contributed by atoms with Gasteiger partial charge in [-0.1, -0.05) is 6.07 Å². The Morgan fingerprint density at radius 1 is 1.58 bits per heavy atom. The van der Waals surface area contributed by atoms with Crippen LogP contribution in [0.4, 0.5) is 5.69 Å². The van der Waals surface area contributed by atoms with Crippen LogP contribution in [0.3, 0.4) is 0 Å². The molecule has 0 aromatic heterocycles. The van der Waals surface area contributed by atoms with Gasteiger partial charge in [0.15, 0.2) is 0 Å². The molecule has 12 heavy (non-hydrogen) atoms. The van der Waals surface area contributed by atoms with Crippen molar-refractivity contribution in [3.05, 3.63) is 29.3 Å². The molecular weight excluding hydrogens is 152 g/mol. The van der Waals surface area contributed by atoms with Crippen LogP contribution in [0.25, 0.3) is 0 Å². The SMILES string of the molecule is CC(O)c1ccc(C#N)cc1N. The summed E-state index contributed by atoms with van der Waals surface area (Å²) in [6.45, 7) is 1.64. The number of benzene rings is 1. The van der Waals surface area contributed by atoms with Gasteiger partial charge in [0, 0.05) is 11.3 Å². The van der Waals surface area contributed by atoms with Gasteiger partial charge in [0.1, 0.15) is 0 Å². The second-order valence-corrected chi connectivity index (χ2v) is 2.63. The van der Waals surface area contributed by atoms with Gasteiger partial charge in [0.2, 0.25) is 0 Å². The van der Waals surface area contributed by atoms with Crippen molar-refractivity contribution in [1.29, 1.82) is 5.26 Å². The third kappa shape index (κ3) is 1.55. The highest BCUT2D eigenvalue weighted by molar-refractivity contribution is 5.52. The number of nitrogens with zero attached hydrogens (tertiary/aromatic N) is 1. The number of nitrogens with two attached hydrogens (primary N) is 1. The Morgan fingerprint density at radius 2 is 2.25 bits per heavy atom. The van der Waals surface area contributed by atoms with E-state index in [1.54, 1.807) is 25.1 Å². The summed E-state index contributed by atoms with van der Waals surface area (Å²) < 4.78 is 0. The molecule has 0 bridgehead atoms. The smallest absolute Gasteiger partial charge is 0.0992 e. The minimum Gasteiger partial charge on any atom is -0.398 e. The molecule has 0 saturated heterocycles. The number of hydrogen-bond acceptors (Lipinski definition) is 3. The monoisotopic (exact) mass is 162 g/mol. The Labute approximate surface area is 71.1 Å². The van der Waals surface area contributed by atoms with E-state index in [1.807, 2.05) is 6.07 Å². The first-order valence-electron chi connectivity index (χ1n) is 3.62. The predicted octanol–water partition coefficient (Wildman–Crippen LogP) is 1.19. The van der Waals surface area contributed by atoms with Crippen LogP contribution in [-0.4, -0.2) is 5.11 Å². The van der Waals surface area contributed by atoms with Crippen LogP contribution < -0.4 is 5.73 Å². The van der Waals surface area contributed by atoms with Gasteiger partial charge >= 0.3 is 0 Å². The third-order valence-electron chi connectivity index (χ3n) is 1.67. The van der Waals surface area contributed by atoms with Crippen molar-refractivity contribution in [2.75, 3.05) is 5.73 Å². The summed E-state index contributed by atoms with van der Waals surface area (Å²) in [6.07, 6.45) is -0.585. The van der Waals surface area contributed by atoms with E-state index in [9.17, 15) is 5.11 Å². The van der Waals surface area contributed by atoms with E-state index >= 15 is 0 Å². The molecule has 3 heteroatoms. The van der Waals surface area contributed by atoms with Crippen LogP contribution >= 0.6 is 0 Å². The molecule has 0 spiro atoms. The average Bonchev–Trinajstić information content (AvgIpc) is 2.03. The number of rotatable bonds is 1. The van der Waals surface area contributed by atoms with Crippen molar-refractivity contribution in [3.8, 4) is 6.07 Å². The van der Waals surface area contributed by atoms with Crippen LogP contribution in [0.1, 0.15) is 24.2 Å². The molecule has 0 aliphatic rings. The highest BCUT2D eigenvalue weighted by Gasteiger charge is 2.05. The van der Waals surface area contributed by atoms with Crippen LogP contribution in [0.5, 0.6) is 0 Å². The minimum atomic E-state index is -0.585. The summed E-state index contributed by atoms with van der Waals surface area (Å²) in [6, 6.07) is 6.83. The van der Waals surface area contributed by atoms with Gasteiger partial charge in [0.25, 0.3) is 0 Å². The fraction of sp³-hybridized carbons (Fsp3) is 0.222.